The maximum atomic E-state index is 10.5. The summed E-state index contributed by atoms with van der Waals surface area (Å²) in [5, 5.41) is 27.4. The second kappa shape index (κ2) is 6.10. The summed E-state index contributed by atoms with van der Waals surface area (Å²) in [6.07, 6.45) is 0.315. The van der Waals surface area contributed by atoms with Crippen molar-refractivity contribution in [3.05, 3.63) is 23.8 Å². The van der Waals surface area contributed by atoms with Crippen LogP contribution in [0.3, 0.4) is 0 Å². The average Bonchev–Trinajstić information content (AvgIpc) is 2.29. The quantitative estimate of drug-likeness (QED) is 0.698. The van der Waals surface area contributed by atoms with Gasteiger partial charge in [-0.05, 0) is 24.1 Å². The van der Waals surface area contributed by atoms with Gasteiger partial charge in [0, 0.05) is 18.9 Å². The van der Waals surface area contributed by atoms with Crippen LogP contribution in [0, 0.1) is 0 Å². The molecule has 0 heterocycles. The van der Waals surface area contributed by atoms with E-state index in [2.05, 4.69) is 0 Å². The van der Waals surface area contributed by atoms with Crippen molar-refractivity contribution in [3.8, 4) is 11.5 Å². The van der Waals surface area contributed by atoms with Crippen molar-refractivity contribution < 1.29 is 24.9 Å². The van der Waals surface area contributed by atoms with E-state index in [9.17, 15) is 15.0 Å². The fourth-order valence-corrected chi connectivity index (χ4v) is 1.62. The van der Waals surface area contributed by atoms with Gasteiger partial charge in [0.15, 0.2) is 11.5 Å². The molecule has 0 saturated carbocycles. The lowest BCUT2D eigenvalue weighted by molar-refractivity contribution is -0.137. The maximum absolute atomic E-state index is 10.5. The first-order chi connectivity index (χ1) is 8.08. The van der Waals surface area contributed by atoms with Crippen LogP contribution in [0.1, 0.15) is 24.3 Å². The summed E-state index contributed by atoms with van der Waals surface area (Å²) in [6.45, 7) is -0.154. The van der Waals surface area contributed by atoms with E-state index < -0.39 is 5.97 Å². The molecule has 0 spiro atoms. The second-order valence-corrected chi connectivity index (χ2v) is 3.74. The largest absolute Gasteiger partial charge is 0.504 e. The molecule has 3 N–H and O–H groups in total. The molecule has 5 heteroatoms. The minimum Gasteiger partial charge on any atom is -0.504 e. The van der Waals surface area contributed by atoms with Gasteiger partial charge in [-0.1, -0.05) is 6.07 Å². The number of phenolic OH excluding ortho intramolecular Hbond substituents is 1. The molecule has 0 aromatic heterocycles. The number of aromatic hydroxyl groups is 1. The van der Waals surface area contributed by atoms with Crippen molar-refractivity contribution in [2.75, 3.05) is 13.7 Å². The molecular formula is C12H16O5. The maximum Gasteiger partial charge on any atom is 0.303 e. The topological polar surface area (TPSA) is 87.0 Å². The zero-order chi connectivity index (χ0) is 12.8. The molecule has 0 saturated heterocycles. The third-order valence-corrected chi connectivity index (χ3v) is 2.60. The van der Waals surface area contributed by atoms with Crippen LogP contribution >= 0.6 is 0 Å². The Kier molecular flexibility index (Phi) is 4.78. The number of hydrogen-bond donors (Lipinski definition) is 3. The van der Waals surface area contributed by atoms with Crippen molar-refractivity contribution in [1.29, 1.82) is 0 Å². The van der Waals surface area contributed by atoms with Crippen molar-refractivity contribution in [1.82, 2.24) is 0 Å². The lowest BCUT2D eigenvalue weighted by atomic mass is 9.95. The molecule has 94 valence electrons. The number of methoxy groups -OCH3 is 1. The average molecular weight is 240 g/mol. The van der Waals surface area contributed by atoms with Gasteiger partial charge in [-0.3, -0.25) is 4.79 Å². The van der Waals surface area contributed by atoms with Crippen molar-refractivity contribution in [3.63, 3.8) is 0 Å². The van der Waals surface area contributed by atoms with Gasteiger partial charge in [0.1, 0.15) is 0 Å². The molecule has 5 nitrogen and oxygen atoms in total. The minimum atomic E-state index is -0.902. The van der Waals surface area contributed by atoms with E-state index in [1.54, 1.807) is 12.1 Å². The number of carboxylic acids is 1. The van der Waals surface area contributed by atoms with E-state index in [1.165, 1.54) is 13.2 Å². The second-order valence-electron chi connectivity index (χ2n) is 3.74. The Balaban J connectivity index is 2.81. The van der Waals surface area contributed by atoms with E-state index in [-0.39, 0.29) is 24.7 Å². The van der Waals surface area contributed by atoms with Crippen LogP contribution in [0.4, 0.5) is 0 Å². The summed E-state index contributed by atoms with van der Waals surface area (Å²) in [7, 11) is 1.45. The number of carboxylic acid groups (broad SMARTS) is 1. The predicted molar refractivity (Wildman–Crippen MR) is 61.4 cm³/mol. The molecule has 0 amide bonds. The van der Waals surface area contributed by atoms with Gasteiger partial charge in [0.05, 0.1) is 7.11 Å². The van der Waals surface area contributed by atoms with Gasteiger partial charge in [-0.2, -0.15) is 0 Å². The number of benzene rings is 1. The molecular weight excluding hydrogens is 224 g/mol. The molecule has 0 fully saturated rings. The summed E-state index contributed by atoms with van der Waals surface area (Å²) in [5.41, 5.74) is 0.701. The first-order valence-corrected chi connectivity index (χ1v) is 5.28. The van der Waals surface area contributed by atoms with Crippen LogP contribution < -0.4 is 4.74 Å². The van der Waals surface area contributed by atoms with Crippen LogP contribution in [0.5, 0.6) is 11.5 Å². The Labute approximate surface area is 99.3 Å². The lowest BCUT2D eigenvalue weighted by Gasteiger charge is -2.14. The van der Waals surface area contributed by atoms with Crippen molar-refractivity contribution in [2.24, 2.45) is 0 Å². The molecule has 0 aliphatic carbocycles. The number of aliphatic carboxylic acids is 1. The van der Waals surface area contributed by atoms with E-state index in [1.807, 2.05) is 0 Å². The molecule has 0 bridgehead atoms. The molecule has 0 radical (unpaired) electrons. The van der Waals surface area contributed by atoms with Crippen LogP contribution in [-0.4, -0.2) is 35.0 Å². The predicted octanol–water partition coefficient (Wildman–Crippen LogP) is 1.34. The zero-order valence-corrected chi connectivity index (χ0v) is 9.59. The Bertz CT molecular complexity index is 388. The molecule has 0 unspecified atom stereocenters. The van der Waals surface area contributed by atoms with Gasteiger partial charge in [0.25, 0.3) is 0 Å². The van der Waals surface area contributed by atoms with Crippen LogP contribution in [0.2, 0.25) is 0 Å². The Hall–Kier alpha value is -1.75. The number of hydrogen-bond acceptors (Lipinski definition) is 4. The number of phenols is 1. The van der Waals surface area contributed by atoms with Gasteiger partial charge < -0.3 is 20.1 Å². The molecule has 1 rings (SSSR count). The summed E-state index contributed by atoms with van der Waals surface area (Å²) < 4.78 is 4.90. The Morgan fingerprint density at radius 1 is 1.47 bits per heavy atom. The van der Waals surface area contributed by atoms with E-state index >= 15 is 0 Å². The highest BCUT2D eigenvalue weighted by Crippen LogP contribution is 2.31. The van der Waals surface area contributed by atoms with Gasteiger partial charge in [0.2, 0.25) is 0 Å². The monoisotopic (exact) mass is 240 g/mol. The SMILES string of the molecule is COc1ccc([C@@H](CO)CCC(=O)O)cc1O. The van der Waals surface area contributed by atoms with Crippen LogP contribution in [-0.2, 0) is 4.79 Å². The smallest absolute Gasteiger partial charge is 0.303 e. The third kappa shape index (κ3) is 3.64. The highest BCUT2D eigenvalue weighted by Gasteiger charge is 2.14. The van der Waals surface area contributed by atoms with Crippen LogP contribution in [0.15, 0.2) is 18.2 Å². The highest BCUT2D eigenvalue weighted by molar-refractivity contribution is 5.66. The molecule has 1 atom stereocenters. The highest BCUT2D eigenvalue weighted by atomic mass is 16.5. The van der Waals surface area contributed by atoms with Gasteiger partial charge >= 0.3 is 5.97 Å². The fourth-order valence-electron chi connectivity index (χ4n) is 1.62. The summed E-state index contributed by atoms with van der Waals surface area (Å²) in [6, 6.07) is 4.79. The van der Waals surface area contributed by atoms with E-state index in [4.69, 9.17) is 9.84 Å². The zero-order valence-electron chi connectivity index (χ0n) is 9.59. The third-order valence-electron chi connectivity index (χ3n) is 2.60. The first-order valence-electron chi connectivity index (χ1n) is 5.28. The van der Waals surface area contributed by atoms with Crippen LogP contribution in [0.25, 0.3) is 0 Å². The number of ether oxygens (including phenoxy) is 1. The van der Waals surface area contributed by atoms with E-state index in [0.29, 0.717) is 17.7 Å². The minimum absolute atomic E-state index is 0.0150. The summed E-state index contributed by atoms with van der Waals surface area (Å²) in [4.78, 5) is 10.5. The summed E-state index contributed by atoms with van der Waals surface area (Å²) in [5.74, 6) is -0.855. The van der Waals surface area contributed by atoms with Gasteiger partial charge in [-0.15, -0.1) is 0 Å². The Morgan fingerprint density at radius 2 is 2.18 bits per heavy atom. The molecule has 0 aliphatic heterocycles. The first kappa shape index (κ1) is 13.3. The van der Waals surface area contributed by atoms with Crippen molar-refractivity contribution >= 4 is 5.97 Å². The lowest BCUT2D eigenvalue weighted by Crippen LogP contribution is -2.07. The number of aliphatic hydroxyl groups is 1. The standard InChI is InChI=1S/C12H16O5/c1-17-11-4-2-8(6-10(11)14)9(7-13)3-5-12(15)16/h2,4,6,9,13-14H,3,5,7H2,1H3,(H,15,16)/t9-/m1/s1. The number of carbonyl (C=O) groups is 1. The van der Waals surface area contributed by atoms with Crippen molar-refractivity contribution in [2.45, 2.75) is 18.8 Å². The molecule has 0 aliphatic rings. The molecule has 1 aromatic rings. The Morgan fingerprint density at radius 3 is 2.65 bits per heavy atom. The fraction of sp³-hybridized carbons (Fsp3) is 0.417. The molecule has 17 heavy (non-hydrogen) atoms. The van der Waals surface area contributed by atoms with E-state index in [0.717, 1.165) is 0 Å². The normalized spacial score (nSPS) is 12.1. The van der Waals surface area contributed by atoms with Gasteiger partial charge in [-0.25, -0.2) is 0 Å². The number of rotatable bonds is 6. The summed E-state index contributed by atoms with van der Waals surface area (Å²) >= 11 is 0. The molecule has 1 aromatic carbocycles. The number of aliphatic hydroxyl groups excluding tert-OH is 1.